The van der Waals surface area contributed by atoms with E-state index in [0.717, 1.165) is 38.3 Å². The van der Waals surface area contributed by atoms with Gasteiger partial charge in [-0.1, -0.05) is 29.8 Å². The third kappa shape index (κ3) is 5.48. The first-order valence-corrected chi connectivity index (χ1v) is 10.6. The smallest absolute Gasteiger partial charge is 0.319 e. The van der Waals surface area contributed by atoms with E-state index in [1.165, 1.54) is 5.56 Å². The molecule has 0 bridgehead atoms. The van der Waals surface area contributed by atoms with E-state index in [2.05, 4.69) is 10.2 Å². The van der Waals surface area contributed by atoms with Gasteiger partial charge in [0.1, 0.15) is 0 Å². The molecule has 0 radical (unpaired) electrons. The van der Waals surface area contributed by atoms with E-state index in [1.807, 2.05) is 36.1 Å². The number of amides is 2. The normalized spacial score (nSPS) is 20.3. The minimum absolute atomic E-state index is 0.0241. The van der Waals surface area contributed by atoms with Crippen LogP contribution in [0.4, 0.5) is 4.79 Å². The summed E-state index contributed by atoms with van der Waals surface area (Å²) >= 11 is 0. The third-order valence-corrected chi connectivity index (χ3v) is 5.86. The summed E-state index contributed by atoms with van der Waals surface area (Å²) in [5.74, 6) is -0.191. The molecule has 1 saturated carbocycles. The number of benzene rings is 1. The molecule has 0 spiro atoms. The van der Waals surface area contributed by atoms with Crippen molar-refractivity contribution in [2.24, 2.45) is 0 Å². The average molecular weight is 413 g/mol. The number of nitrogens with zero attached hydrogens (tertiary/aromatic N) is 3. The molecule has 1 aliphatic heterocycles. The Kier molecular flexibility index (Phi) is 7.26. The van der Waals surface area contributed by atoms with Crippen LogP contribution in [0.5, 0.6) is 0 Å². The van der Waals surface area contributed by atoms with Crippen molar-refractivity contribution in [3.8, 4) is 0 Å². The summed E-state index contributed by atoms with van der Waals surface area (Å²) in [7, 11) is 3.53. The van der Waals surface area contributed by atoms with Gasteiger partial charge in [-0.3, -0.25) is 14.5 Å². The summed E-state index contributed by atoms with van der Waals surface area (Å²) in [5.41, 5.74) is 2.52. The lowest BCUT2D eigenvalue weighted by atomic mass is 9.80. The van der Waals surface area contributed by atoms with Crippen LogP contribution in [-0.4, -0.2) is 85.7 Å². The van der Waals surface area contributed by atoms with Crippen molar-refractivity contribution in [3.63, 3.8) is 0 Å². The van der Waals surface area contributed by atoms with Gasteiger partial charge in [0.05, 0.1) is 5.57 Å². The second kappa shape index (κ2) is 9.89. The van der Waals surface area contributed by atoms with Gasteiger partial charge in [-0.15, -0.1) is 0 Å². The van der Waals surface area contributed by atoms with Crippen molar-refractivity contribution >= 4 is 17.6 Å². The SMILES string of the molecule is Cc1ccc(C2CC(=O)C(=CNCCN3CCN(C(=O)N(C)C)CC3)C(=O)C2)cc1. The zero-order valence-electron chi connectivity index (χ0n) is 18.2. The number of nitrogens with one attached hydrogen (secondary N) is 1. The first kappa shape index (κ1) is 22.0. The van der Waals surface area contributed by atoms with Crippen molar-refractivity contribution in [2.45, 2.75) is 25.7 Å². The number of aryl methyl sites for hydroxylation is 1. The number of allylic oxidation sites excluding steroid dienone is 1. The number of piperazine rings is 1. The predicted octanol–water partition coefficient (Wildman–Crippen LogP) is 1.78. The summed E-state index contributed by atoms with van der Waals surface area (Å²) in [6.07, 6.45) is 2.36. The molecular formula is C23H32N4O3. The van der Waals surface area contributed by atoms with Crippen molar-refractivity contribution in [1.82, 2.24) is 20.0 Å². The maximum atomic E-state index is 12.5. The Morgan fingerprint density at radius 1 is 1.07 bits per heavy atom. The number of hydrogen-bond donors (Lipinski definition) is 1. The monoisotopic (exact) mass is 412 g/mol. The van der Waals surface area contributed by atoms with E-state index < -0.39 is 0 Å². The molecule has 0 unspecified atom stereocenters. The van der Waals surface area contributed by atoms with Gasteiger partial charge in [0.25, 0.3) is 0 Å². The molecule has 7 heteroatoms. The van der Waals surface area contributed by atoms with Crippen LogP contribution in [0.15, 0.2) is 36.0 Å². The first-order chi connectivity index (χ1) is 14.3. The van der Waals surface area contributed by atoms with Crippen LogP contribution in [-0.2, 0) is 9.59 Å². The molecular weight excluding hydrogens is 380 g/mol. The van der Waals surface area contributed by atoms with Crippen LogP contribution in [0.25, 0.3) is 0 Å². The zero-order valence-corrected chi connectivity index (χ0v) is 18.2. The summed E-state index contributed by atoms with van der Waals surface area (Å²) in [6.45, 7) is 6.58. The zero-order chi connectivity index (χ0) is 21.7. The largest absolute Gasteiger partial charge is 0.389 e. The van der Waals surface area contributed by atoms with Crippen LogP contribution in [0, 0.1) is 6.92 Å². The van der Waals surface area contributed by atoms with E-state index in [0.29, 0.717) is 25.0 Å². The Bertz CT molecular complexity index is 788. The minimum Gasteiger partial charge on any atom is -0.389 e. The minimum atomic E-state index is -0.0832. The summed E-state index contributed by atoms with van der Waals surface area (Å²) in [5, 5.41) is 3.14. The molecule has 2 amide bonds. The molecule has 1 aliphatic carbocycles. The molecule has 0 aromatic heterocycles. The fourth-order valence-corrected chi connectivity index (χ4v) is 3.97. The van der Waals surface area contributed by atoms with E-state index in [9.17, 15) is 14.4 Å². The van der Waals surface area contributed by atoms with Crippen molar-refractivity contribution in [2.75, 3.05) is 53.4 Å². The van der Waals surface area contributed by atoms with Gasteiger partial charge < -0.3 is 15.1 Å². The molecule has 162 valence electrons. The highest BCUT2D eigenvalue weighted by atomic mass is 16.2. The second-order valence-electron chi connectivity index (χ2n) is 8.38. The van der Waals surface area contributed by atoms with Gasteiger partial charge in [-0.2, -0.15) is 0 Å². The van der Waals surface area contributed by atoms with Crippen LogP contribution in [0.1, 0.15) is 29.9 Å². The van der Waals surface area contributed by atoms with Crippen LogP contribution >= 0.6 is 0 Å². The lowest BCUT2D eigenvalue weighted by Crippen LogP contribution is -2.52. The maximum absolute atomic E-state index is 12.5. The highest BCUT2D eigenvalue weighted by Gasteiger charge is 2.31. The molecule has 1 N–H and O–H groups in total. The van der Waals surface area contributed by atoms with Crippen molar-refractivity contribution < 1.29 is 14.4 Å². The molecule has 30 heavy (non-hydrogen) atoms. The average Bonchev–Trinajstić information content (AvgIpc) is 2.73. The fourth-order valence-electron chi connectivity index (χ4n) is 3.97. The highest BCUT2D eigenvalue weighted by Crippen LogP contribution is 2.31. The number of carbonyl (C=O) groups is 3. The third-order valence-electron chi connectivity index (χ3n) is 5.86. The topological polar surface area (TPSA) is 73.0 Å². The van der Waals surface area contributed by atoms with Crippen LogP contribution in [0.2, 0.25) is 0 Å². The van der Waals surface area contributed by atoms with E-state index in [1.54, 1.807) is 25.2 Å². The quantitative estimate of drug-likeness (QED) is 0.453. The lowest BCUT2D eigenvalue weighted by molar-refractivity contribution is -0.124. The van der Waals surface area contributed by atoms with Gasteiger partial charge in [0, 0.05) is 72.4 Å². The molecule has 2 fully saturated rings. The lowest BCUT2D eigenvalue weighted by Gasteiger charge is -2.35. The van der Waals surface area contributed by atoms with E-state index >= 15 is 0 Å². The number of ketones is 2. The second-order valence-corrected chi connectivity index (χ2v) is 8.38. The number of rotatable bonds is 5. The van der Waals surface area contributed by atoms with Gasteiger partial charge in [0.15, 0.2) is 11.6 Å². The predicted molar refractivity (Wildman–Crippen MR) is 116 cm³/mol. The first-order valence-electron chi connectivity index (χ1n) is 10.6. The van der Waals surface area contributed by atoms with Crippen LogP contribution < -0.4 is 5.32 Å². The Morgan fingerprint density at radius 3 is 2.23 bits per heavy atom. The van der Waals surface area contributed by atoms with Gasteiger partial charge in [0.2, 0.25) is 0 Å². The standard InChI is InChI=1S/C23H32N4O3/c1-17-4-6-18(7-5-17)19-14-21(28)20(22(29)15-19)16-24-8-9-26-10-12-27(13-11-26)23(30)25(2)3/h4-7,16,19,24H,8-15H2,1-3H3. The number of Topliss-reactive ketones (excluding diaryl/α,β-unsaturated/α-hetero) is 2. The molecule has 1 saturated heterocycles. The van der Waals surface area contributed by atoms with Gasteiger partial charge in [-0.05, 0) is 18.4 Å². The molecule has 0 atom stereocenters. The molecule has 7 nitrogen and oxygen atoms in total. The van der Waals surface area contributed by atoms with Gasteiger partial charge in [-0.25, -0.2) is 4.79 Å². The van der Waals surface area contributed by atoms with Crippen LogP contribution in [0.3, 0.4) is 0 Å². The highest BCUT2D eigenvalue weighted by molar-refractivity contribution is 6.22. The fraction of sp³-hybridized carbons (Fsp3) is 0.522. The molecule has 2 aliphatic rings. The van der Waals surface area contributed by atoms with E-state index in [-0.39, 0.29) is 23.5 Å². The summed E-state index contributed by atoms with van der Waals surface area (Å²) in [4.78, 5) is 42.8. The Hall–Kier alpha value is -2.67. The molecule has 1 heterocycles. The van der Waals surface area contributed by atoms with E-state index in [4.69, 9.17) is 0 Å². The Labute approximate surface area is 178 Å². The summed E-state index contributed by atoms with van der Waals surface area (Å²) in [6, 6.07) is 8.12. The van der Waals surface area contributed by atoms with Gasteiger partial charge >= 0.3 is 6.03 Å². The number of hydrogen-bond acceptors (Lipinski definition) is 5. The summed E-state index contributed by atoms with van der Waals surface area (Å²) < 4.78 is 0. The van der Waals surface area contributed by atoms with Crippen molar-refractivity contribution in [1.29, 1.82) is 0 Å². The Balaban J connectivity index is 1.43. The molecule has 1 aromatic rings. The Morgan fingerprint density at radius 2 is 1.67 bits per heavy atom. The maximum Gasteiger partial charge on any atom is 0.319 e. The number of urea groups is 1. The molecule has 3 rings (SSSR count). The number of carbonyl (C=O) groups excluding carboxylic acids is 3. The molecule has 1 aromatic carbocycles. The van der Waals surface area contributed by atoms with Crippen molar-refractivity contribution in [3.05, 3.63) is 47.2 Å².